The minimum absolute atomic E-state index is 0.0712. The molecule has 0 unspecified atom stereocenters. The molecule has 0 aliphatic rings. The third-order valence-corrected chi connectivity index (χ3v) is 1.93. The lowest BCUT2D eigenvalue weighted by Crippen LogP contribution is -2.14. The molecule has 0 radical (unpaired) electrons. The zero-order valence-corrected chi connectivity index (χ0v) is 9.43. The number of halogens is 2. The van der Waals surface area contributed by atoms with Crippen LogP contribution in [0.1, 0.15) is 6.92 Å². The average molecular weight is 241 g/mol. The number of anilines is 1. The Bertz CT molecular complexity index is 412. The number of nitrogens with one attached hydrogen (secondary N) is 1. The lowest BCUT2D eigenvalue weighted by Gasteiger charge is -2.08. The first kappa shape index (κ1) is 13.2. The molecule has 0 amide bonds. The molecule has 0 atom stereocenters. The highest BCUT2D eigenvalue weighted by molar-refractivity contribution is 5.88. The van der Waals surface area contributed by atoms with E-state index in [0.29, 0.717) is 0 Å². The monoisotopic (exact) mass is 241 g/mol. The van der Waals surface area contributed by atoms with Gasteiger partial charge in [-0.2, -0.15) is 0 Å². The highest BCUT2D eigenvalue weighted by atomic mass is 19.1. The molecule has 1 aromatic rings. The van der Waals surface area contributed by atoms with Crippen LogP contribution in [0, 0.1) is 11.6 Å². The van der Waals surface area contributed by atoms with Gasteiger partial charge in [-0.15, -0.1) is 0 Å². The molecule has 0 spiro atoms. The summed E-state index contributed by atoms with van der Waals surface area (Å²) in [6.07, 6.45) is 0. The Morgan fingerprint density at radius 1 is 1.35 bits per heavy atom. The van der Waals surface area contributed by atoms with Crippen LogP contribution < -0.4 is 5.32 Å². The van der Waals surface area contributed by atoms with E-state index in [1.807, 2.05) is 0 Å². The Morgan fingerprint density at radius 2 is 1.94 bits per heavy atom. The van der Waals surface area contributed by atoms with Crippen LogP contribution in [0.5, 0.6) is 0 Å². The van der Waals surface area contributed by atoms with Crippen molar-refractivity contribution in [1.29, 1.82) is 0 Å². The highest BCUT2D eigenvalue weighted by Crippen LogP contribution is 2.13. The van der Waals surface area contributed by atoms with Crippen molar-refractivity contribution in [3.8, 4) is 0 Å². The molecule has 1 aromatic carbocycles. The third kappa shape index (κ3) is 4.22. The van der Waals surface area contributed by atoms with Gasteiger partial charge in [-0.3, -0.25) is 0 Å². The minimum atomic E-state index is -0.686. The Labute approximate surface area is 98.1 Å². The first-order valence-corrected chi connectivity index (χ1v) is 5.07. The van der Waals surface area contributed by atoms with Crippen LogP contribution in [-0.4, -0.2) is 19.1 Å². The number of ether oxygens (including phenoxy) is 1. The van der Waals surface area contributed by atoms with Crippen molar-refractivity contribution in [3.63, 3.8) is 0 Å². The maximum absolute atomic E-state index is 12.8. The van der Waals surface area contributed by atoms with Crippen LogP contribution in [0.25, 0.3) is 0 Å². The van der Waals surface area contributed by atoms with Gasteiger partial charge in [0, 0.05) is 23.9 Å². The van der Waals surface area contributed by atoms with Crippen LogP contribution in [0.15, 0.2) is 30.4 Å². The molecule has 1 N–H and O–H groups in total. The van der Waals surface area contributed by atoms with E-state index in [9.17, 15) is 13.6 Å². The number of hydrogen-bond acceptors (Lipinski definition) is 3. The van der Waals surface area contributed by atoms with Crippen molar-refractivity contribution in [2.75, 3.05) is 18.5 Å². The normalized spacial score (nSPS) is 9.82. The average Bonchev–Trinajstić information content (AvgIpc) is 2.25. The van der Waals surface area contributed by atoms with E-state index < -0.39 is 17.6 Å². The van der Waals surface area contributed by atoms with Gasteiger partial charge in [0.15, 0.2) is 0 Å². The molecule has 0 fully saturated rings. The molecule has 1 rings (SSSR count). The Kier molecular flexibility index (Phi) is 4.63. The fourth-order valence-corrected chi connectivity index (χ4v) is 1.17. The van der Waals surface area contributed by atoms with Crippen molar-refractivity contribution in [2.45, 2.75) is 6.92 Å². The Balaban J connectivity index is 2.55. The van der Waals surface area contributed by atoms with Gasteiger partial charge in [0.2, 0.25) is 0 Å². The van der Waals surface area contributed by atoms with E-state index in [1.54, 1.807) is 6.92 Å². The van der Waals surface area contributed by atoms with E-state index in [0.717, 1.165) is 18.2 Å². The maximum Gasteiger partial charge on any atom is 0.335 e. The number of carbonyl (C=O) groups is 1. The summed E-state index contributed by atoms with van der Waals surface area (Å²) in [6.45, 7) is 5.52. The smallest absolute Gasteiger partial charge is 0.335 e. The van der Waals surface area contributed by atoms with E-state index in [4.69, 9.17) is 4.74 Å². The zero-order chi connectivity index (χ0) is 12.8. The van der Waals surface area contributed by atoms with Crippen LogP contribution in [-0.2, 0) is 9.53 Å². The summed E-state index contributed by atoms with van der Waals surface area (Å²) in [4.78, 5) is 11.2. The van der Waals surface area contributed by atoms with Crippen molar-refractivity contribution < 1.29 is 18.3 Å². The predicted molar refractivity (Wildman–Crippen MR) is 60.6 cm³/mol. The number of esters is 1. The van der Waals surface area contributed by atoms with E-state index in [1.165, 1.54) is 0 Å². The summed E-state index contributed by atoms with van der Waals surface area (Å²) in [5, 5.41) is 2.69. The molecule has 3 nitrogen and oxygen atoms in total. The largest absolute Gasteiger partial charge is 0.463 e. The summed E-state index contributed by atoms with van der Waals surface area (Å²) < 4.78 is 30.4. The number of benzene rings is 1. The molecule has 0 aliphatic heterocycles. The molecule has 0 aliphatic carbocycles. The molecule has 0 saturated heterocycles. The topological polar surface area (TPSA) is 38.3 Å². The van der Waals surface area contributed by atoms with Crippen molar-refractivity contribution in [2.24, 2.45) is 0 Å². The lowest BCUT2D eigenvalue weighted by molar-refractivity contribution is -0.138. The Hall–Kier alpha value is -1.91. The van der Waals surface area contributed by atoms with Gasteiger partial charge in [0.25, 0.3) is 0 Å². The number of rotatable bonds is 5. The van der Waals surface area contributed by atoms with E-state index in [2.05, 4.69) is 11.9 Å². The molecular weight excluding hydrogens is 228 g/mol. The van der Waals surface area contributed by atoms with Crippen molar-refractivity contribution in [3.05, 3.63) is 42.0 Å². The van der Waals surface area contributed by atoms with Gasteiger partial charge in [0.1, 0.15) is 11.6 Å². The molecule has 5 heteroatoms. The third-order valence-electron chi connectivity index (χ3n) is 1.93. The second-order valence-corrected chi connectivity index (χ2v) is 3.34. The summed E-state index contributed by atoms with van der Waals surface area (Å²) >= 11 is 0. The second-order valence-electron chi connectivity index (χ2n) is 3.34. The standard InChI is InChI=1S/C12H13F2NO2/c1-3-17-12(16)8(2)7-15-11-5-9(13)4-10(14)6-11/h4-6,15H,2-3,7H2,1H3. The van der Waals surface area contributed by atoms with Crippen molar-refractivity contribution in [1.82, 2.24) is 0 Å². The quantitative estimate of drug-likeness (QED) is 0.635. The molecule has 0 saturated carbocycles. The molecular formula is C12H13F2NO2. The molecule has 92 valence electrons. The molecule has 0 aromatic heterocycles. The van der Waals surface area contributed by atoms with Crippen LogP contribution in [0.3, 0.4) is 0 Å². The first-order valence-electron chi connectivity index (χ1n) is 5.07. The summed E-state index contributed by atoms with van der Waals surface area (Å²) in [5.74, 6) is -1.90. The van der Waals surface area contributed by atoms with Crippen LogP contribution in [0.4, 0.5) is 14.5 Å². The van der Waals surface area contributed by atoms with Gasteiger partial charge in [-0.05, 0) is 19.1 Å². The fraction of sp³-hybridized carbons (Fsp3) is 0.250. The Morgan fingerprint density at radius 3 is 2.47 bits per heavy atom. The minimum Gasteiger partial charge on any atom is -0.463 e. The van der Waals surface area contributed by atoms with Crippen molar-refractivity contribution >= 4 is 11.7 Å². The number of carbonyl (C=O) groups excluding carboxylic acids is 1. The summed E-state index contributed by atoms with van der Waals surface area (Å²) in [6, 6.07) is 3.02. The zero-order valence-electron chi connectivity index (χ0n) is 9.43. The highest BCUT2D eigenvalue weighted by Gasteiger charge is 2.07. The van der Waals surface area contributed by atoms with Crippen LogP contribution in [0.2, 0.25) is 0 Å². The summed E-state index contributed by atoms with van der Waals surface area (Å²) in [7, 11) is 0. The fourth-order valence-electron chi connectivity index (χ4n) is 1.17. The SMILES string of the molecule is C=C(CNc1cc(F)cc(F)c1)C(=O)OCC. The van der Waals surface area contributed by atoms with Gasteiger partial charge in [0.05, 0.1) is 6.61 Å². The van der Waals surface area contributed by atoms with Gasteiger partial charge in [-0.25, -0.2) is 13.6 Å². The number of hydrogen-bond donors (Lipinski definition) is 1. The van der Waals surface area contributed by atoms with Gasteiger partial charge in [-0.1, -0.05) is 6.58 Å². The van der Waals surface area contributed by atoms with Crippen LogP contribution >= 0.6 is 0 Å². The van der Waals surface area contributed by atoms with Gasteiger partial charge >= 0.3 is 5.97 Å². The summed E-state index contributed by atoms with van der Waals surface area (Å²) in [5.41, 5.74) is 0.435. The lowest BCUT2D eigenvalue weighted by atomic mass is 10.2. The second kappa shape index (κ2) is 5.98. The molecule has 0 heterocycles. The molecule has 0 bridgehead atoms. The molecule has 17 heavy (non-hydrogen) atoms. The van der Waals surface area contributed by atoms with E-state index >= 15 is 0 Å². The maximum atomic E-state index is 12.8. The first-order chi connectivity index (χ1) is 8.02. The van der Waals surface area contributed by atoms with E-state index in [-0.39, 0.29) is 24.4 Å². The predicted octanol–water partition coefficient (Wildman–Crippen LogP) is 2.50. The van der Waals surface area contributed by atoms with Gasteiger partial charge < -0.3 is 10.1 Å².